The molecular weight excluding hydrogens is 491 g/mol. The first kappa shape index (κ1) is 24.8. The van der Waals surface area contributed by atoms with Crippen molar-refractivity contribution in [3.05, 3.63) is 83.4 Å². The Morgan fingerprint density at radius 2 is 1.74 bits per heavy atom. The summed E-state index contributed by atoms with van der Waals surface area (Å²) in [5, 5.41) is 10.8. The lowest BCUT2D eigenvalue weighted by molar-refractivity contribution is -0.113. The molecule has 3 heterocycles. The molecule has 1 aliphatic rings. The van der Waals surface area contributed by atoms with Gasteiger partial charge in [-0.15, -0.1) is 5.10 Å². The standard InChI is InChI=1S/C27H25FN6O4/c1-15-22(26(35)31-21-7-5-6-12-29-21)23(17-13-19(36-2)24(38-4)20(14-17)37-3)34-27(30-15)32-25(33-34)16-8-10-18(28)11-9-16/h5-14,23H,1-4H3,(H,29,31,35)(H,30,32,33). The number of benzene rings is 2. The first-order valence-corrected chi connectivity index (χ1v) is 11.7. The molecule has 1 atom stereocenters. The fourth-order valence-corrected chi connectivity index (χ4v) is 4.35. The summed E-state index contributed by atoms with van der Waals surface area (Å²) in [4.78, 5) is 22.5. The average molecular weight is 517 g/mol. The molecule has 0 saturated carbocycles. The van der Waals surface area contributed by atoms with Crippen molar-refractivity contribution in [1.82, 2.24) is 19.7 Å². The van der Waals surface area contributed by atoms with E-state index in [2.05, 4.69) is 20.6 Å². The number of aromatic nitrogens is 4. The summed E-state index contributed by atoms with van der Waals surface area (Å²) in [6.45, 7) is 1.79. The maximum Gasteiger partial charge on any atom is 0.257 e. The molecule has 0 bridgehead atoms. The van der Waals surface area contributed by atoms with Crippen LogP contribution in [0.3, 0.4) is 0 Å². The number of amides is 1. The van der Waals surface area contributed by atoms with Crippen molar-refractivity contribution < 1.29 is 23.4 Å². The van der Waals surface area contributed by atoms with Crippen LogP contribution < -0.4 is 24.8 Å². The van der Waals surface area contributed by atoms with Crippen molar-refractivity contribution in [2.24, 2.45) is 0 Å². The van der Waals surface area contributed by atoms with E-state index in [1.165, 1.54) is 33.5 Å². The number of carbonyl (C=O) groups is 1. The molecule has 38 heavy (non-hydrogen) atoms. The van der Waals surface area contributed by atoms with Gasteiger partial charge in [-0.2, -0.15) is 4.98 Å². The number of pyridine rings is 1. The summed E-state index contributed by atoms with van der Waals surface area (Å²) in [7, 11) is 4.56. The van der Waals surface area contributed by atoms with Gasteiger partial charge in [0.15, 0.2) is 17.3 Å². The van der Waals surface area contributed by atoms with Gasteiger partial charge in [-0.05, 0) is 61.0 Å². The number of methoxy groups -OCH3 is 3. The van der Waals surface area contributed by atoms with E-state index < -0.39 is 6.04 Å². The van der Waals surface area contributed by atoms with Crippen molar-refractivity contribution in [3.63, 3.8) is 0 Å². The molecule has 11 heteroatoms. The molecule has 1 amide bonds. The number of hydrogen-bond donors (Lipinski definition) is 2. The molecule has 0 fully saturated rings. The second kappa shape index (κ2) is 10.2. The van der Waals surface area contributed by atoms with Gasteiger partial charge in [-0.25, -0.2) is 14.1 Å². The van der Waals surface area contributed by atoms with Gasteiger partial charge in [0, 0.05) is 17.5 Å². The summed E-state index contributed by atoms with van der Waals surface area (Å²) in [5.74, 6) is 1.69. The Balaban J connectivity index is 1.67. The van der Waals surface area contributed by atoms with E-state index in [0.29, 0.717) is 57.2 Å². The van der Waals surface area contributed by atoms with E-state index >= 15 is 0 Å². The maximum absolute atomic E-state index is 13.7. The molecule has 1 unspecified atom stereocenters. The van der Waals surface area contributed by atoms with E-state index in [1.54, 1.807) is 60.3 Å². The lowest BCUT2D eigenvalue weighted by Crippen LogP contribution is -2.31. The maximum atomic E-state index is 13.7. The zero-order chi connectivity index (χ0) is 26.8. The summed E-state index contributed by atoms with van der Waals surface area (Å²) in [5.41, 5.74) is 2.22. The Kier molecular flexibility index (Phi) is 6.65. The highest BCUT2D eigenvalue weighted by Crippen LogP contribution is 2.44. The van der Waals surface area contributed by atoms with Gasteiger partial charge in [0.05, 0.1) is 26.9 Å². The zero-order valence-electron chi connectivity index (χ0n) is 21.2. The van der Waals surface area contributed by atoms with Crippen LogP contribution in [0.2, 0.25) is 0 Å². The van der Waals surface area contributed by atoms with Gasteiger partial charge < -0.3 is 24.8 Å². The number of anilines is 2. The van der Waals surface area contributed by atoms with Crippen LogP contribution in [-0.2, 0) is 4.79 Å². The SMILES string of the molecule is COc1cc(C2C(C(=O)Nc3ccccn3)=C(C)Nc3nc(-c4ccc(F)cc4)nn32)cc(OC)c1OC. The molecule has 0 spiro atoms. The number of nitrogens with one attached hydrogen (secondary N) is 2. The molecule has 2 aromatic heterocycles. The van der Waals surface area contributed by atoms with Crippen LogP contribution >= 0.6 is 0 Å². The minimum atomic E-state index is -0.731. The Bertz CT molecular complexity index is 1490. The van der Waals surface area contributed by atoms with Crippen LogP contribution in [-0.4, -0.2) is 47.0 Å². The molecule has 2 aromatic carbocycles. The molecule has 194 valence electrons. The highest BCUT2D eigenvalue weighted by Gasteiger charge is 2.36. The van der Waals surface area contributed by atoms with E-state index in [-0.39, 0.29) is 11.7 Å². The number of allylic oxidation sites excluding steroid dienone is 1. The number of halogens is 1. The Hall–Kier alpha value is -4.93. The van der Waals surface area contributed by atoms with Crippen LogP contribution in [0.5, 0.6) is 17.2 Å². The van der Waals surface area contributed by atoms with Gasteiger partial charge >= 0.3 is 0 Å². The van der Waals surface area contributed by atoms with Crippen molar-refractivity contribution in [3.8, 4) is 28.6 Å². The summed E-state index contributed by atoms with van der Waals surface area (Å²) in [6.07, 6.45) is 1.59. The van der Waals surface area contributed by atoms with Crippen molar-refractivity contribution in [1.29, 1.82) is 0 Å². The Labute approximate surface area is 218 Å². The largest absolute Gasteiger partial charge is 0.493 e. The second-order valence-corrected chi connectivity index (χ2v) is 8.40. The summed E-state index contributed by atoms with van der Waals surface area (Å²) < 4.78 is 31.8. The fourth-order valence-electron chi connectivity index (χ4n) is 4.35. The van der Waals surface area contributed by atoms with Crippen LogP contribution in [0, 0.1) is 5.82 Å². The summed E-state index contributed by atoms with van der Waals surface area (Å²) in [6, 6.07) is 13.9. The van der Waals surface area contributed by atoms with Crippen molar-refractivity contribution in [2.45, 2.75) is 13.0 Å². The quantitative estimate of drug-likeness (QED) is 0.371. The van der Waals surface area contributed by atoms with E-state index in [1.807, 2.05) is 0 Å². The normalized spacial score (nSPS) is 14.4. The third-order valence-electron chi connectivity index (χ3n) is 6.11. The monoisotopic (exact) mass is 516 g/mol. The Morgan fingerprint density at radius 3 is 2.34 bits per heavy atom. The molecular formula is C27H25FN6O4. The summed E-state index contributed by atoms with van der Waals surface area (Å²) >= 11 is 0. The van der Waals surface area contributed by atoms with E-state index in [4.69, 9.17) is 19.3 Å². The molecule has 0 aliphatic carbocycles. The smallest absolute Gasteiger partial charge is 0.257 e. The topological polar surface area (TPSA) is 112 Å². The number of nitrogens with zero attached hydrogens (tertiary/aromatic N) is 4. The second-order valence-electron chi connectivity index (χ2n) is 8.40. The molecule has 0 radical (unpaired) electrons. The van der Waals surface area contributed by atoms with Crippen LogP contribution in [0.15, 0.2) is 72.1 Å². The van der Waals surface area contributed by atoms with Crippen LogP contribution in [0.1, 0.15) is 18.5 Å². The zero-order valence-corrected chi connectivity index (χ0v) is 21.2. The predicted molar refractivity (Wildman–Crippen MR) is 139 cm³/mol. The lowest BCUT2D eigenvalue weighted by atomic mass is 9.94. The van der Waals surface area contributed by atoms with Crippen molar-refractivity contribution >= 4 is 17.7 Å². The van der Waals surface area contributed by atoms with Crippen LogP contribution in [0.25, 0.3) is 11.4 Å². The molecule has 4 aromatic rings. The average Bonchev–Trinajstić information content (AvgIpc) is 3.35. The van der Waals surface area contributed by atoms with Gasteiger partial charge in [0.25, 0.3) is 5.91 Å². The number of carbonyl (C=O) groups excluding carboxylic acids is 1. The first-order chi connectivity index (χ1) is 18.4. The van der Waals surface area contributed by atoms with Gasteiger partial charge in [-0.1, -0.05) is 6.07 Å². The van der Waals surface area contributed by atoms with Gasteiger partial charge in [-0.3, -0.25) is 4.79 Å². The van der Waals surface area contributed by atoms with Gasteiger partial charge in [0.2, 0.25) is 11.7 Å². The fraction of sp³-hybridized carbons (Fsp3) is 0.185. The third-order valence-corrected chi connectivity index (χ3v) is 6.11. The van der Waals surface area contributed by atoms with Crippen LogP contribution in [0.4, 0.5) is 16.2 Å². The highest BCUT2D eigenvalue weighted by atomic mass is 19.1. The number of rotatable bonds is 7. The first-order valence-electron chi connectivity index (χ1n) is 11.7. The van der Waals surface area contributed by atoms with E-state index in [9.17, 15) is 9.18 Å². The molecule has 1 aliphatic heterocycles. The Morgan fingerprint density at radius 1 is 1.03 bits per heavy atom. The van der Waals surface area contributed by atoms with E-state index in [0.717, 1.165) is 0 Å². The minimum Gasteiger partial charge on any atom is -0.493 e. The third kappa shape index (κ3) is 4.49. The lowest BCUT2D eigenvalue weighted by Gasteiger charge is -2.29. The van der Waals surface area contributed by atoms with Gasteiger partial charge in [0.1, 0.15) is 17.7 Å². The number of hydrogen-bond acceptors (Lipinski definition) is 8. The molecule has 2 N–H and O–H groups in total. The predicted octanol–water partition coefficient (Wildman–Crippen LogP) is 4.43. The van der Waals surface area contributed by atoms with Crippen molar-refractivity contribution in [2.75, 3.05) is 32.0 Å². The minimum absolute atomic E-state index is 0.364. The number of ether oxygens (including phenoxy) is 3. The molecule has 0 saturated heterocycles. The molecule has 5 rings (SSSR count). The molecule has 10 nitrogen and oxygen atoms in total. The number of fused-ring (bicyclic) bond motifs is 1. The highest BCUT2D eigenvalue weighted by molar-refractivity contribution is 6.05.